The Morgan fingerprint density at radius 2 is 1.35 bits per heavy atom. The van der Waals surface area contributed by atoms with Crippen LogP contribution in [0.3, 0.4) is 0 Å². The van der Waals surface area contributed by atoms with Crippen LogP contribution in [0.25, 0.3) is 11.1 Å². The van der Waals surface area contributed by atoms with Crippen LogP contribution in [0.15, 0.2) is 97.1 Å². The number of amides is 4. The monoisotopic (exact) mass is 758 g/mol. The fourth-order valence-corrected chi connectivity index (χ4v) is 6.21. The van der Waals surface area contributed by atoms with Gasteiger partial charge < -0.3 is 25.6 Å². The standard InChI is InChI=1S/C42H45F3N4O6/c1-5-24-49(4)38(52)34-26-28(27-36(50)55-25-23-41(39(53)46-6-2,40(54)47-7-3)30-13-9-8-10-14-30)17-22-35(34)48-37(51)33-16-12-11-15-32(33)29-18-20-31(21-19-29)42(43,44)45/h8-22,26H,5-7,23-25,27H2,1-4H3,(H,46,53)(H,47,54)(H,48,51). The van der Waals surface area contributed by atoms with Crippen LogP contribution in [-0.2, 0) is 37.1 Å². The molecule has 13 heteroatoms. The molecule has 0 aromatic heterocycles. The zero-order valence-corrected chi connectivity index (χ0v) is 31.2. The maximum atomic E-state index is 13.7. The predicted molar refractivity (Wildman–Crippen MR) is 203 cm³/mol. The summed E-state index contributed by atoms with van der Waals surface area (Å²) in [5.41, 5.74) is -0.412. The number of esters is 1. The molecule has 0 atom stereocenters. The van der Waals surface area contributed by atoms with Gasteiger partial charge in [0.1, 0.15) is 0 Å². The maximum Gasteiger partial charge on any atom is 0.416 e. The molecule has 0 spiro atoms. The fourth-order valence-electron chi connectivity index (χ4n) is 6.21. The van der Waals surface area contributed by atoms with Crippen molar-refractivity contribution in [3.63, 3.8) is 0 Å². The molecule has 4 rings (SSSR count). The van der Waals surface area contributed by atoms with Gasteiger partial charge in [-0.1, -0.05) is 73.7 Å². The molecule has 0 aliphatic heterocycles. The van der Waals surface area contributed by atoms with Crippen LogP contribution in [0, 0.1) is 0 Å². The van der Waals surface area contributed by atoms with Gasteiger partial charge in [0.2, 0.25) is 11.8 Å². The minimum absolute atomic E-state index is 0.108. The van der Waals surface area contributed by atoms with E-state index in [1.165, 1.54) is 35.2 Å². The van der Waals surface area contributed by atoms with Crippen molar-refractivity contribution in [2.24, 2.45) is 0 Å². The molecule has 0 unspecified atom stereocenters. The van der Waals surface area contributed by atoms with Gasteiger partial charge >= 0.3 is 12.1 Å². The van der Waals surface area contributed by atoms with Crippen molar-refractivity contribution in [3.05, 3.63) is 125 Å². The van der Waals surface area contributed by atoms with Crippen molar-refractivity contribution >= 4 is 35.3 Å². The number of halogens is 3. The molecule has 0 saturated heterocycles. The highest BCUT2D eigenvalue weighted by Crippen LogP contribution is 2.33. The largest absolute Gasteiger partial charge is 0.465 e. The highest BCUT2D eigenvalue weighted by atomic mass is 19.4. The molecule has 0 bridgehead atoms. The number of likely N-dealkylation sites (N-methyl/N-ethyl adjacent to an activating group) is 2. The fraction of sp³-hybridized carbons (Fsp3) is 0.310. The van der Waals surface area contributed by atoms with Crippen LogP contribution in [0.4, 0.5) is 18.9 Å². The number of alkyl halides is 3. The molecule has 10 nitrogen and oxygen atoms in total. The smallest absolute Gasteiger partial charge is 0.416 e. The van der Waals surface area contributed by atoms with Crippen LogP contribution in [0.5, 0.6) is 0 Å². The minimum Gasteiger partial charge on any atom is -0.465 e. The third-order valence-electron chi connectivity index (χ3n) is 8.97. The molecular formula is C42H45F3N4O6. The van der Waals surface area contributed by atoms with Crippen molar-refractivity contribution < 1.29 is 41.9 Å². The number of hydrogen-bond acceptors (Lipinski definition) is 6. The second-order valence-corrected chi connectivity index (χ2v) is 12.8. The molecule has 0 radical (unpaired) electrons. The van der Waals surface area contributed by atoms with E-state index in [9.17, 15) is 37.1 Å². The SMILES string of the molecule is CCCN(C)C(=O)c1cc(CC(=O)OCCC(C(=O)NCC)(C(=O)NCC)c2ccccc2)ccc1NC(=O)c1ccccc1-c1ccc(C(F)(F)F)cc1. The average Bonchev–Trinajstić information content (AvgIpc) is 3.17. The van der Waals surface area contributed by atoms with Gasteiger partial charge in [-0.3, -0.25) is 24.0 Å². The van der Waals surface area contributed by atoms with E-state index in [0.29, 0.717) is 35.2 Å². The summed E-state index contributed by atoms with van der Waals surface area (Å²) in [7, 11) is 1.61. The van der Waals surface area contributed by atoms with Crippen molar-refractivity contribution in [1.29, 1.82) is 0 Å². The first kappa shape index (κ1) is 41.8. The van der Waals surface area contributed by atoms with Crippen LogP contribution in [-0.4, -0.2) is 67.8 Å². The number of hydrogen-bond donors (Lipinski definition) is 3. The summed E-state index contributed by atoms with van der Waals surface area (Å²) in [6.45, 7) is 6.09. The van der Waals surface area contributed by atoms with E-state index in [1.807, 2.05) is 6.92 Å². The summed E-state index contributed by atoms with van der Waals surface area (Å²) >= 11 is 0. The highest BCUT2D eigenvalue weighted by Gasteiger charge is 2.47. The molecular weight excluding hydrogens is 713 g/mol. The van der Waals surface area contributed by atoms with E-state index in [2.05, 4.69) is 16.0 Å². The van der Waals surface area contributed by atoms with Crippen molar-refractivity contribution in [3.8, 4) is 11.1 Å². The summed E-state index contributed by atoms with van der Waals surface area (Å²) in [6, 6.07) is 24.0. The summed E-state index contributed by atoms with van der Waals surface area (Å²) < 4.78 is 45.1. The number of nitrogens with zero attached hydrogens (tertiary/aromatic N) is 1. The van der Waals surface area contributed by atoms with Gasteiger partial charge in [0, 0.05) is 38.7 Å². The second-order valence-electron chi connectivity index (χ2n) is 12.8. The van der Waals surface area contributed by atoms with E-state index >= 15 is 0 Å². The number of benzene rings is 4. The second kappa shape index (κ2) is 18.9. The topological polar surface area (TPSA) is 134 Å². The molecule has 0 heterocycles. The van der Waals surface area contributed by atoms with Crippen molar-refractivity contribution in [2.45, 2.75) is 51.6 Å². The first-order chi connectivity index (χ1) is 26.3. The Kier molecular flexibility index (Phi) is 14.3. The number of rotatable bonds is 16. The lowest BCUT2D eigenvalue weighted by Gasteiger charge is -2.31. The zero-order valence-electron chi connectivity index (χ0n) is 31.2. The molecule has 4 aromatic carbocycles. The van der Waals surface area contributed by atoms with E-state index in [1.54, 1.807) is 75.5 Å². The van der Waals surface area contributed by atoms with Crippen molar-refractivity contribution in [1.82, 2.24) is 15.5 Å². The molecule has 55 heavy (non-hydrogen) atoms. The van der Waals surface area contributed by atoms with Gasteiger partial charge in [0.05, 0.1) is 29.8 Å². The molecule has 0 saturated carbocycles. The summed E-state index contributed by atoms with van der Waals surface area (Å²) in [6.07, 6.45) is -4.25. The predicted octanol–water partition coefficient (Wildman–Crippen LogP) is 6.79. The number of carbonyl (C=O) groups is 5. The molecule has 3 N–H and O–H groups in total. The third kappa shape index (κ3) is 10.2. The van der Waals surface area contributed by atoms with E-state index in [4.69, 9.17) is 4.74 Å². The van der Waals surface area contributed by atoms with Gasteiger partial charge in [0.15, 0.2) is 5.41 Å². The molecule has 0 aliphatic carbocycles. The van der Waals surface area contributed by atoms with E-state index in [0.717, 1.165) is 12.1 Å². The van der Waals surface area contributed by atoms with Gasteiger partial charge in [-0.15, -0.1) is 0 Å². The van der Waals surface area contributed by atoms with E-state index < -0.39 is 46.8 Å². The number of carbonyl (C=O) groups excluding carboxylic acids is 5. The number of nitrogens with one attached hydrogen (secondary N) is 3. The normalized spacial score (nSPS) is 11.3. The summed E-state index contributed by atoms with van der Waals surface area (Å²) in [4.78, 5) is 69.0. The first-order valence-electron chi connectivity index (χ1n) is 18.0. The van der Waals surface area contributed by atoms with E-state index in [-0.39, 0.29) is 49.4 Å². The van der Waals surface area contributed by atoms with Crippen molar-refractivity contribution in [2.75, 3.05) is 38.6 Å². The van der Waals surface area contributed by atoms with Gasteiger partial charge in [-0.25, -0.2) is 0 Å². The number of anilines is 1. The Morgan fingerprint density at radius 1 is 0.727 bits per heavy atom. The molecule has 0 aliphatic rings. The number of ether oxygens (including phenoxy) is 1. The highest BCUT2D eigenvalue weighted by molar-refractivity contribution is 6.12. The molecule has 290 valence electrons. The Morgan fingerprint density at radius 3 is 1.95 bits per heavy atom. The summed E-state index contributed by atoms with van der Waals surface area (Å²) in [5.74, 6) is -2.74. The maximum absolute atomic E-state index is 13.7. The first-order valence-corrected chi connectivity index (χ1v) is 18.0. The van der Waals surface area contributed by atoms with Crippen LogP contribution < -0.4 is 16.0 Å². The lowest BCUT2D eigenvalue weighted by molar-refractivity contribution is -0.147. The van der Waals surface area contributed by atoms with Crippen LogP contribution in [0.2, 0.25) is 0 Å². The Bertz CT molecular complexity index is 1970. The van der Waals surface area contributed by atoms with Crippen LogP contribution in [0.1, 0.15) is 71.0 Å². The van der Waals surface area contributed by atoms with Gasteiger partial charge in [-0.05, 0) is 72.9 Å². The lowest BCUT2D eigenvalue weighted by atomic mass is 9.75. The van der Waals surface area contributed by atoms with Crippen LogP contribution >= 0.6 is 0 Å². The summed E-state index contributed by atoms with van der Waals surface area (Å²) in [5, 5.41) is 8.26. The lowest BCUT2D eigenvalue weighted by Crippen LogP contribution is -2.55. The quantitative estimate of drug-likeness (QED) is 0.0852. The van der Waals surface area contributed by atoms with Gasteiger partial charge in [-0.2, -0.15) is 13.2 Å². The Labute approximate surface area is 318 Å². The van der Waals surface area contributed by atoms with Gasteiger partial charge in [0.25, 0.3) is 11.8 Å². The zero-order chi connectivity index (χ0) is 40.2. The average molecular weight is 759 g/mol. The molecule has 0 fully saturated rings. The minimum atomic E-state index is -4.51. The molecule has 4 amide bonds. The third-order valence-corrected chi connectivity index (χ3v) is 8.97. The Hall–Kier alpha value is -5.98. The molecule has 4 aromatic rings. The Balaban J connectivity index is 1.57.